The monoisotopic (exact) mass is 413 g/mol. The number of thioether (sulfide) groups is 1. The maximum atomic E-state index is 13.1. The summed E-state index contributed by atoms with van der Waals surface area (Å²) in [7, 11) is 0. The van der Waals surface area contributed by atoms with Crippen molar-refractivity contribution in [2.24, 2.45) is 16.3 Å². The summed E-state index contributed by atoms with van der Waals surface area (Å²) < 4.78 is 0. The summed E-state index contributed by atoms with van der Waals surface area (Å²) in [5.41, 5.74) is 0.431. The first kappa shape index (κ1) is 20.7. The fourth-order valence-electron chi connectivity index (χ4n) is 4.02. The summed E-state index contributed by atoms with van der Waals surface area (Å²) in [5.74, 6) is -3.09. The number of Topliss-reactive ketones (excluding diaryl/α,β-unsaturated/α-hetero) is 1. The molecule has 1 unspecified atom stereocenters. The number of fused-ring (bicyclic) bond motifs is 1. The van der Waals surface area contributed by atoms with E-state index in [1.807, 2.05) is 13.8 Å². The summed E-state index contributed by atoms with van der Waals surface area (Å²) >= 11 is 0.897. The number of aliphatic imine (C=N–C) groups is 1. The zero-order chi connectivity index (χ0) is 21.3. The average Bonchev–Trinajstić information content (AvgIpc) is 2.64. The highest BCUT2D eigenvalue weighted by molar-refractivity contribution is 8.03. The van der Waals surface area contributed by atoms with Crippen LogP contribution in [0.1, 0.15) is 38.2 Å². The Morgan fingerprint density at radius 3 is 2.69 bits per heavy atom. The van der Waals surface area contributed by atoms with Gasteiger partial charge < -0.3 is 5.11 Å². The molecule has 0 spiro atoms. The van der Waals surface area contributed by atoms with Crippen molar-refractivity contribution >= 4 is 34.9 Å². The zero-order valence-corrected chi connectivity index (χ0v) is 16.7. The maximum absolute atomic E-state index is 13.1. The molecule has 1 fully saturated rings. The van der Waals surface area contributed by atoms with Gasteiger partial charge in [-0.25, -0.2) is 4.99 Å². The van der Waals surface area contributed by atoms with Crippen molar-refractivity contribution in [3.63, 3.8) is 0 Å². The number of carbonyl (C=O) groups is 2. The summed E-state index contributed by atoms with van der Waals surface area (Å²) in [5, 5.41) is 30.7. The molecular formula is C20H19N3O5S. The Kier molecular flexibility index (Phi) is 5.57. The predicted molar refractivity (Wildman–Crippen MR) is 108 cm³/mol. The Morgan fingerprint density at radius 2 is 2.07 bits per heavy atom. The lowest BCUT2D eigenvalue weighted by Crippen LogP contribution is -2.43. The second-order valence-corrected chi connectivity index (χ2v) is 8.84. The van der Waals surface area contributed by atoms with Gasteiger partial charge in [-0.3, -0.25) is 19.7 Å². The van der Waals surface area contributed by atoms with E-state index in [1.165, 1.54) is 12.1 Å². The standard InChI is InChI=1S/C20H19N3O5S/c1-20(2)7-13-18(15(24)8-20)17(11-5-3-4-6-14(11)23(27)28)12(9-21)19(22-13)29-10-16(25)26/h3-6,17-18H,7-8,10H2,1-2H3,(H,25,26)/t17-,18?/m0/s1. The smallest absolute Gasteiger partial charge is 0.313 e. The highest BCUT2D eigenvalue weighted by atomic mass is 32.2. The Labute approximate surface area is 171 Å². The molecule has 2 atom stereocenters. The number of nitrogens with zero attached hydrogens (tertiary/aromatic N) is 3. The molecule has 150 valence electrons. The van der Waals surface area contributed by atoms with Gasteiger partial charge in [-0.1, -0.05) is 43.8 Å². The van der Waals surface area contributed by atoms with Crippen LogP contribution in [0.3, 0.4) is 0 Å². The predicted octanol–water partition coefficient (Wildman–Crippen LogP) is 3.69. The van der Waals surface area contributed by atoms with Crippen LogP contribution in [0.15, 0.2) is 39.9 Å². The maximum Gasteiger partial charge on any atom is 0.313 e. The van der Waals surface area contributed by atoms with E-state index in [2.05, 4.69) is 11.1 Å². The molecule has 0 amide bonds. The van der Waals surface area contributed by atoms with Crippen LogP contribution in [-0.2, 0) is 9.59 Å². The number of nitro groups is 1. The first-order valence-electron chi connectivity index (χ1n) is 8.97. The van der Waals surface area contributed by atoms with Crippen LogP contribution < -0.4 is 0 Å². The largest absolute Gasteiger partial charge is 0.481 e. The summed E-state index contributed by atoms with van der Waals surface area (Å²) in [4.78, 5) is 39.7. The second kappa shape index (κ2) is 7.79. The molecule has 1 heterocycles. The molecule has 1 aliphatic heterocycles. The van der Waals surface area contributed by atoms with Crippen molar-refractivity contribution in [2.45, 2.75) is 32.6 Å². The van der Waals surface area contributed by atoms with Crippen LogP contribution >= 0.6 is 11.8 Å². The molecule has 1 saturated carbocycles. The lowest BCUT2D eigenvalue weighted by Gasteiger charge is -2.40. The van der Waals surface area contributed by atoms with E-state index >= 15 is 0 Å². The van der Waals surface area contributed by atoms with Gasteiger partial charge in [0.2, 0.25) is 0 Å². The van der Waals surface area contributed by atoms with Crippen molar-refractivity contribution in [3.8, 4) is 6.07 Å². The molecule has 3 rings (SSSR count). The van der Waals surface area contributed by atoms with Gasteiger partial charge in [-0.05, 0) is 11.8 Å². The Hall–Kier alpha value is -2.99. The summed E-state index contributed by atoms with van der Waals surface area (Å²) in [6.45, 7) is 3.88. The molecule has 1 aromatic rings. The minimum atomic E-state index is -1.07. The number of allylic oxidation sites excluding steroid dienone is 1. The van der Waals surface area contributed by atoms with Crippen LogP contribution in [-0.4, -0.2) is 33.2 Å². The SMILES string of the molecule is CC1(C)CC(=O)C2C(=NC(SCC(=O)O)=C(C#N)[C@@H]2c2ccccc2[N+](=O)[O-])C1. The minimum Gasteiger partial charge on any atom is -0.481 e. The van der Waals surface area contributed by atoms with Crippen LogP contribution in [0.4, 0.5) is 5.69 Å². The van der Waals surface area contributed by atoms with Gasteiger partial charge in [-0.15, -0.1) is 0 Å². The molecule has 2 aliphatic rings. The molecule has 1 aliphatic carbocycles. The highest BCUT2D eigenvalue weighted by Gasteiger charge is 2.48. The van der Waals surface area contributed by atoms with E-state index in [4.69, 9.17) is 5.11 Å². The Bertz CT molecular complexity index is 1010. The van der Waals surface area contributed by atoms with Crippen LogP contribution in [0.25, 0.3) is 0 Å². The molecule has 0 aromatic heterocycles. The summed E-state index contributed by atoms with van der Waals surface area (Å²) in [6.07, 6.45) is 0.778. The number of carbonyl (C=O) groups excluding carboxylic acids is 1. The van der Waals surface area contributed by atoms with Crippen molar-refractivity contribution in [1.82, 2.24) is 0 Å². The third kappa shape index (κ3) is 4.07. The molecule has 8 nitrogen and oxygen atoms in total. The number of para-hydroxylation sites is 1. The van der Waals surface area contributed by atoms with Crippen molar-refractivity contribution < 1.29 is 19.6 Å². The topological polar surface area (TPSA) is 134 Å². The van der Waals surface area contributed by atoms with E-state index in [0.29, 0.717) is 12.1 Å². The van der Waals surface area contributed by atoms with Crippen molar-refractivity contribution in [2.75, 3.05) is 5.75 Å². The molecule has 1 N–H and O–H groups in total. The lowest BCUT2D eigenvalue weighted by molar-refractivity contribution is -0.385. The normalized spacial score (nSPS) is 23.1. The minimum absolute atomic E-state index is 0.104. The van der Waals surface area contributed by atoms with E-state index in [1.54, 1.807) is 12.1 Å². The van der Waals surface area contributed by atoms with E-state index in [0.717, 1.165) is 11.8 Å². The number of carboxylic acid groups (broad SMARTS) is 1. The van der Waals surface area contributed by atoms with Crippen molar-refractivity contribution in [1.29, 1.82) is 5.26 Å². The quantitative estimate of drug-likeness (QED) is 0.574. The number of nitro benzene ring substituents is 1. The first-order chi connectivity index (χ1) is 13.6. The van der Waals surface area contributed by atoms with Crippen molar-refractivity contribution in [3.05, 3.63) is 50.5 Å². The Balaban J connectivity index is 2.22. The number of carboxylic acids is 1. The third-order valence-corrected chi connectivity index (χ3v) is 6.04. The van der Waals surface area contributed by atoms with E-state index in [-0.39, 0.29) is 45.2 Å². The fraction of sp³-hybridized carbons (Fsp3) is 0.400. The first-order valence-corrected chi connectivity index (χ1v) is 9.95. The molecule has 0 radical (unpaired) electrons. The summed E-state index contributed by atoms with van der Waals surface area (Å²) in [6, 6.07) is 8.10. The van der Waals surface area contributed by atoms with Gasteiger partial charge >= 0.3 is 5.97 Å². The lowest BCUT2D eigenvalue weighted by atomic mass is 9.64. The number of hydrogen-bond acceptors (Lipinski definition) is 7. The molecule has 0 saturated heterocycles. The molecule has 9 heteroatoms. The number of aliphatic carboxylic acids is 1. The number of ketones is 1. The van der Waals surface area contributed by atoms with Gasteiger partial charge in [0.15, 0.2) is 0 Å². The average molecular weight is 413 g/mol. The number of hydrogen-bond donors (Lipinski definition) is 1. The van der Waals surface area contributed by atoms with Gasteiger partial charge in [0.05, 0.1) is 28.2 Å². The zero-order valence-electron chi connectivity index (χ0n) is 15.9. The van der Waals surface area contributed by atoms with Gasteiger partial charge in [0, 0.05) is 29.7 Å². The molecule has 0 bridgehead atoms. The number of nitriles is 1. The molecule has 29 heavy (non-hydrogen) atoms. The third-order valence-electron chi connectivity index (χ3n) is 5.06. The fourth-order valence-corrected chi connectivity index (χ4v) is 4.79. The van der Waals surface area contributed by atoms with E-state index in [9.17, 15) is 25.0 Å². The van der Waals surface area contributed by atoms with Gasteiger partial charge in [0.25, 0.3) is 5.69 Å². The molecular weight excluding hydrogens is 394 g/mol. The Morgan fingerprint density at radius 1 is 1.38 bits per heavy atom. The highest BCUT2D eigenvalue weighted by Crippen LogP contribution is 2.49. The van der Waals surface area contributed by atoms with E-state index < -0.39 is 22.7 Å². The van der Waals surface area contributed by atoms with Gasteiger partial charge in [0.1, 0.15) is 10.8 Å². The van der Waals surface area contributed by atoms with Gasteiger partial charge in [-0.2, -0.15) is 5.26 Å². The van der Waals surface area contributed by atoms with Crippen LogP contribution in [0.2, 0.25) is 0 Å². The number of benzene rings is 1. The van der Waals surface area contributed by atoms with Crippen LogP contribution in [0, 0.1) is 32.8 Å². The number of rotatable bonds is 5. The van der Waals surface area contributed by atoms with Crippen LogP contribution in [0.5, 0.6) is 0 Å². The molecule has 1 aromatic carbocycles. The second-order valence-electron chi connectivity index (χ2n) is 7.87.